The Morgan fingerprint density at radius 3 is 2.60 bits per heavy atom. The number of benzene rings is 2. The molecule has 2 aromatic carbocycles. The van der Waals surface area contributed by atoms with Crippen molar-refractivity contribution in [3.05, 3.63) is 58.1 Å². The monoisotopic (exact) mass is 273 g/mol. The van der Waals surface area contributed by atoms with Gasteiger partial charge in [0.2, 0.25) is 5.75 Å². The van der Waals surface area contributed by atoms with E-state index in [1.54, 1.807) is 18.2 Å². The maximum absolute atomic E-state index is 11.0. The van der Waals surface area contributed by atoms with Gasteiger partial charge in [-0.3, -0.25) is 14.9 Å². The number of hydrogen-bond acceptors (Lipinski definition) is 5. The van der Waals surface area contributed by atoms with Gasteiger partial charge in [0, 0.05) is 17.7 Å². The molecular weight excluding hydrogens is 262 g/mol. The van der Waals surface area contributed by atoms with Crippen molar-refractivity contribution in [1.29, 1.82) is 0 Å². The first kappa shape index (κ1) is 13.5. The minimum absolute atomic E-state index is 0.0531. The number of carbonyl (C=O) groups excluding carboxylic acids is 1. The Balaban J connectivity index is 2.40. The van der Waals surface area contributed by atoms with E-state index in [0.717, 1.165) is 0 Å². The molecule has 0 bridgehead atoms. The van der Waals surface area contributed by atoms with E-state index in [1.165, 1.54) is 31.4 Å². The third-order valence-corrected chi connectivity index (χ3v) is 2.59. The second-order valence-electron chi connectivity index (χ2n) is 3.88. The van der Waals surface area contributed by atoms with Gasteiger partial charge in [-0.05, 0) is 18.2 Å². The van der Waals surface area contributed by atoms with Crippen molar-refractivity contribution in [1.82, 2.24) is 0 Å². The van der Waals surface area contributed by atoms with Gasteiger partial charge < -0.3 is 9.47 Å². The van der Waals surface area contributed by atoms with E-state index in [4.69, 9.17) is 9.47 Å². The molecule has 0 amide bonds. The highest BCUT2D eigenvalue weighted by molar-refractivity contribution is 5.75. The zero-order valence-electron chi connectivity index (χ0n) is 10.6. The first-order chi connectivity index (χ1) is 9.63. The van der Waals surface area contributed by atoms with Gasteiger partial charge in [-0.25, -0.2) is 0 Å². The van der Waals surface area contributed by atoms with Crippen LogP contribution >= 0.6 is 0 Å². The summed E-state index contributed by atoms with van der Waals surface area (Å²) in [6.45, 7) is 0. The molecule has 20 heavy (non-hydrogen) atoms. The normalized spacial score (nSPS) is 9.85. The Morgan fingerprint density at radius 1 is 1.15 bits per heavy atom. The average molecular weight is 273 g/mol. The molecule has 2 rings (SSSR count). The summed E-state index contributed by atoms with van der Waals surface area (Å²) in [4.78, 5) is 21.1. The lowest BCUT2D eigenvalue weighted by Gasteiger charge is -2.08. The average Bonchev–Trinajstić information content (AvgIpc) is 2.47. The van der Waals surface area contributed by atoms with Gasteiger partial charge in [-0.2, -0.15) is 0 Å². The van der Waals surface area contributed by atoms with Crippen molar-refractivity contribution in [3.8, 4) is 17.2 Å². The van der Waals surface area contributed by atoms with E-state index in [-0.39, 0.29) is 11.4 Å². The zero-order valence-corrected chi connectivity index (χ0v) is 10.6. The topological polar surface area (TPSA) is 78.7 Å². The van der Waals surface area contributed by atoms with Gasteiger partial charge in [0.1, 0.15) is 17.8 Å². The standard InChI is InChI=1S/C14H11NO5/c1-19-11-5-6-13(15(17)18)14(8-11)20-12-4-2-3-10(7-12)9-16/h2-9H,1H3. The van der Waals surface area contributed by atoms with Crippen LogP contribution < -0.4 is 9.47 Å². The third-order valence-electron chi connectivity index (χ3n) is 2.59. The Bertz CT molecular complexity index is 654. The highest BCUT2D eigenvalue weighted by Crippen LogP contribution is 2.34. The van der Waals surface area contributed by atoms with Crippen LogP contribution in [0.4, 0.5) is 5.69 Å². The molecule has 0 N–H and O–H groups in total. The Morgan fingerprint density at radius 2 is 1.95 bits per heavy atom. The second kappa shape index (κ2) is 5.83. The summed E-state index contributed by atoms with van der Waals surface area (Å²) >= 11 is 0. The molecule has 0 aliphatic heterocycles. The minimum Gasteiger partial charge on any atom is -0.497 e. The number of methoxy groups -OCH3 is 1. The first-order valence-electron chi connectivity index (χ1n) is 5.69. The highest BCUT2D eigenvalue weighted by Gasteiger charge is 2.17. The summed E-state index contributed by atoms with van der Waals surface area (Å²) in [6.07, 6.45) is 0.673. The maximum atomic E-state index is 11.0. The molecule has 0 atom stereocenters. The van der Waals surface area contributed by atoms with E-state index in [0.29, 0.717) is 23.3 Å². The smallest absolute Gasteiger partial charge is 0.311 e. The van der Waals surface area contributed by atoms with Gasteiger partial charge in [-0.1, -0.05) is 12.1 Å². The Hall–Kier alpha value is -2.89. The predicted octanol–water partition coefficient (Wildman–Crippen LogP) is 3.21. The number of carbonyl (C=O) groups is 1. The lowest BCUT2D eigenvalue weighted by Crippen LogP contribution is -1.95. The van der Waals surface area contributed by atoms with E-state index in [9.17, 15) is 14.9 Å². The molecular formula is C14H11NO5. The summed E-state index contributed by atoms with van der Waals surface area (Å²) in [5, 5.41) is 11.0. The van der Waals surface area contributed by atoms with Crippen molar-refractivity contribution in [2.45, 2.75) is 0 Å². The lowest BCUT2D eigenvalue weighted by molar-refractivity contribution is -0.385. The molecule has 0 aliphatic carbocycles. The molecule has 0 spiro atoms. The van der Waals surface area contributed by atoms with Crippen LogP contribution in [0, 0.1) is 10.1 Å². The van der Waals surface area contributed by atoms with Crippen LogP contribution in [0.25, 0.3) is 0 Å². The van der Waals surface area contributed by atoms with Crippen LogP contribution in [-0.2, 0) is 0 Å². The third kappa shape index (κ3) is 2.92. The number of nitro groups is 1. The molecule has 0 fully saturated rings. The second-order valence-corrected chi connectivity index (χ2v) is 3.88. The summed E-state index contributed by atoms with van der Waals surface area (Å²) in [6, 6.07) is 10.5. The number of hydrogen-bond donors (Lipinski definition) is 0. The summed E-state index contributed by atoms with van der Waals surface area (Å²) < 4.78 is 10.5. The predicted molar refractivity (Wildman–Crippen MR) is 71.6 cm³/mol. The fourth-order valence-electron chi connectivity index (χ4n) is 1.63. The Labute approximate surface area is 114 Å². The van der Waals surface area contributed by atoms with Crippen molar-refractivity contribution >= 4 is 12.0 Å². The molecule has 0 unspecified atom stereocenters. The van der Waals surface area contributed by atoms with Gasteiger partial charge in [0.25, 0.3) is 0 Å². The number of rotatable bonds is 5. The van der Waals surface area contributed by atoms with Crippen molar-refractivity contribution < 1.29 is 19.2 Å². The molecule has 0 radical (unpaired) electrons. The van der Waals surface area contributed by atoms with Crippen molar-refractivity contribution in [3.63, 3.8) is 0 Å². The van der Waals surface area contributed by atoms with Crippen LogP contribution in [0.1, 0.15) is 10.4 Å². The van der Waals surface area contributed by atoms with E-state index < -0.39 is 4.92 Å². The first-order valence-corrected chi connectivity index (χ1v) is 5.69. The van der Waals surface area contributed by atoms with Gasteiger partial charge in [0.15, 0.2) is 0 Å². The van der Waals surface area contributed by atoms with Crippen LogP contribution in [0.5, 0.6) is 17.2 Å². The summed E-state index contributed by atoms with van der Waals surface area (Å²) in [5.74, 6) is 0.834. The molecule has 102 valence electrons. The molecule has 6 nitrogen and oxygen atoms in total. The fourth-order valence-corrected chi connectivity index (χ4v) is 1.63. The molecule has 0 aromatic heterocycles. The fraction of sp³-hybridized carbons (Fsp3) is 0.0714. The largest absolute Gasteiger partial charge is 0.497 e. The number of nitro benzene ring substituents is 1. The van der Waals surface area contributed by atoms with Gasteiger partial charge in [-0.15, -0.1) is 0 Å². The quantitative estimate of drug-likeness (QED) is 0.475. The lowest BCUT2D eigenvalue weighted by atomic mass is 10.2. The van der Waals surface area contributed by atoms with E-state index >= 15 is 0 Å². The number of nitrogens with zero attached hydrogens (tertiary/aromatic N) is 1. The Kier molecular flexibility index (Phi) is 3.95. The summed E-state index contributed by atoms with van der Waals surface area (Å²) in [7, 11) is 1.46. The molecule has 0 saturated carbocycles. The zero-order chi connectivity index (χ0) is 14.5. The minimum atomic E-state index is -0.543. The van der Waals surface area contributed by atoms with Gasteiger partial charge in [0.05, 0.1) is 12.0 Å². The van der Waals surface area contributed by atoms with Crippen LogP contribution in [0.2, 0.25) is 0 Å². The van der Waals surface area contributed by atoms with Crippen LogP contribution in [-0.4, -0.2) is 18.3 Å². The van der Waals surface area contributed by atoms with Crippen molar-refractivity contribution in [2.75, 3.05) is 7.11 Å². The molecule has 0 heterocycles. The summed E-state index contributed by atoms with van der Waals surface area (Å²) in [5.41, 5.74) is 0.246. The van der Waals surface area contributed by atoms with Crippen LogP contribution in [0.3, 0.4) is 0 Å². The molecule has 2 aromatic rings. The molecule has 0 aliphatic rings. The van der Waals surface area contributed by atoms with Crippen LogP contribution in [0.15, 0.2) is 42.5 Å². The number of ether oxygens (including phenoxy) is 2. The number of aldehydes is 1. The van der Waals surface area contributed by atoms with E-state index in [2.05, 4.69) is 0 Å². The molecule has 6 heteroatoms. The maximum Gasteiger partial charge on any atom is 0.311 e. The molecule has 0 saturated heterocycles. The van der Waals surface area contributed by atoms with Crippen molar-refractivity contribution in [2.24, 2.45) is 0 Å². The van der Waals surface area contributed by atoms with Gasteiger partial charge >= 0.3 is 5.69 Å². The SMILES string of the molecule is COc1ccc([N+](=O)[O-])c(Oc2cccc(C=O)c2)c1. The highest BCUT2D eigenvalue weighted by atomic mass is 16.6. The van der Waals surface area contributed by atoms with E-state index in [1.807, 2.05) is 0 Å².